The van der Waals surface area contributed by atoms with Gasteiger partial charge in [0, 0.05) is 22.7 Å². The second-order valence-corrected chi connectivity index (χ2v) is 9.87. The Morgan fingerprint density at radius 3 is 2.26 bits per heavy atom. The molecule has 2 heterocycles. The van der Waals surface area contributed by atoms with Crippen molar-refractivity contribution in [2.45, 2.75) is 18.4 Å². The molecule has 0 unspecified atom stereocenters. The van der Waals surface area contributed by atoms with Gasteiger partial charge in [-0.2, -0.15) is 26.3 Å². The Hall–Kier alpha value is -4.71. The van der Waals surface area contributed by atoms with Gasteiger partial charge in [-0.3, -0.25) is 9.97 Å². The van der Waals surface area contributed by atoms with Crippen LogP contribution in [-0.4, -0.2) is 22.2 Å². The normalized spacial score (nSPS) is 12.6. The number of alkyl halides is 6. The van der Waals surface area contributed by atoms with E-state index in [1.807, 2.05) is 24.3 Å². The van der Waals surface area contributed by atoms with E-state index in [4.69, 9.17) is 21.9 Å². The molecule has 0 saturated carbocycles. The van der Waals surface area contributed by atoms with Gasteiger partial charge >= 0.3 is 12.4 Å². The second kappa shape index (κ2) is 11.5. The molecule has 0 aliphatic carbocycles. The van der Waals surface area contributed by atoms with Crippen molar-refractivity contribution in [2.24, 2.45) is 0 Å². The Kier molecular flexibility index (Phi) is 7.98. The topological polar surface area (TPSA) is 59.1 Å². The highest BCUT2D eigenvalue weighted by Crippen LogP contribution is 2.38. The van der Waals surface area contributed by atoms with Crippen molar-refractivity contribution in [3.8, 4) is 5.75 Å². The van der Waals surface area contributed by atoms with Gasteiger partial charge in [-0.25, -0.2) is 0 Å². The fourth-order valence-corrected chi connectivity index (χ4v) is 4.93. The van der Waals surface area contributed by atoms with Crippen LogP contribution >= 0.6 is 12.2 Å². The van der Waals surface area contributed by atoms with Crippen molar-refractivity contribution in [3.05, 3.63) is 114 Å². The van der Waals surface area contributed by atoms with Crippen molar-refractivity contribution in [1.29, 1.82) is 0 Å². The van der Waals surface area contributed by atoms with E-state index in [-0.39, 0.29) is 11.2 Å². The van der Waals surface area contributed by atoms with Crippen LogP contribution in [0.3, 0.4) is 0 Å². The number of thiocarbonyl (C=S) groups is 1. The van der Waals surface area contributed by atoms with Crippen LogP contribution in [0.5, 0.6) is 5.75 Å². The fraction of sp³-hybridized carbons (Fsp3) is 0.129. The maximum atomic E-state index is 13.4. The number of pyridine rings is 2. The number of aromatic nitrogens is 2. The van der Waals surface area contributed by atoms with Crippen molar-refractivity contribution >= 4 is 50.9 Å². The number of nitrogens with zero attached hydrogens (tertiary/aromatic N) is 2. The van der Waals surface area contributed by atoms with Crippen LogP contribution in [0.2, 0.25) is 0 Å². The fourth-order valence-electron chi connectivity index (χ4n) is 4.69. The summed E-state index contributed by atoms with van der Waals surface area (Å²) in [6.07, 6.45) is -6.74. The third-order valence-corrected chi connectivity index (χ3v) is 6.94. The zero-order chi connectivity index (χ0) is 30.9. The Balaban J connectivity index is 1.60. The van der Waals surface area contributed by atoms with Crippen LogP contribution < -0.4 is 15.4 Å². The number of ether oxygens (including phenoxy) is 1. The number of fused-ring (bicyclic) bond motifs is 2. The minimum absolute atomic E-state index is 0.0530. The molecule has 43 heavy (non-hydrogen) atoms. The highest BCUT2D eigenvalue weighted by Gasteiger charge is 2.37. The molecule has 220 valence electrons. The van der Waals surface area contributed by atoms with E-state index < -0.39 is 35.2 Å². The van der Waals surface area contributed by atoms with E-state index in [1.165, 1.54) is 7.11 Å². The number of methoxy groups -OCH3 is 1. The predicted octanol–water partition coefficient (Wildman–Crippen LogP) is 8.55. The molecular weight excluding hydrogens is 590 g/mol. The second-order valence-electron chi connectivity index (χ2n) is 9.46. The first-order valence-corrected chi connectivity index (χ1v) is 13.1. The number of nitrogens with one attached hydrogen (secondary N) is 2. The zero-order valence-electron chi connectivity index (χ0n) is 22.3. The van der Waals surface area contributed by atoms with Gasteiger partial charge in [0.25, 0.3) is 0 Å². The molecule has 0 fully saturated rings. The number of halogens is 6. The molecule has 0 aliphatic heterocycles. The molecule has 0 radical (unpaired) electrons. The minimum Gasteiger partial charge on any atom is -0.497 e. The van der Waals surface area contributed by atoms with E-state index in [1.54, 1.807) is 42.6 Å². The largest absolute Gasteiger partial charge is 0.497 e. The maximum Gasteiger partial charge on any atom is 0.416 e. The minimum atomic E-state index is -5.01. The van der Waals surface area contributed by atoms with E-state index in [0.29, 0.717) is 45.6 Å². The number of hydrogen-bond donors (Lipinski definition) is 2. The highest BCUT2D eigenvalue weighted by atomic mass is 32.1. The van der Waals surface area contributed by atoms with Gasteiger partial charge in [-0.05, 0) is 77.9 Å². The quantitative estimate of drug-likeness (QED) is 0.148. The van der Waals surface area contributed by atoms with E-state index in [2.05, 4.69) is 22.2 Å². The van der Waals surface area contributed by atoms with Crippen LogP contribution in [0.15, 0.2) is 85.6 Å². The number of anilines is 1. The average molecular weight is 613 g/mol. The van der Waals surface area contributed by atoms with Gasteiger partial charge in [-0.1, -0.05) is 30.9 Å². The molecule has 2 N–H and O–H groups in total. The van der Waals surface area contributed by atoms with Gasteiger partial charge in [-0.15, -0.1) is 0 Å². The summed E-state index contributed by atoms with van der Waals surface area (Å²) in [5, 5.41) is 6.82. The van der Waals surface area contributed by atoms with Gasteiger partial charge < -0.3 is 15.4 Å². The summed E-state index contributed by atoms with van der Waals surface area (Å²) in [4.78, 5) is 9.22. The van der Waals surface area contributed by atoms with Crippen LogP contribution in [0.4, 0.5) is 32.0 Å². The van der Waals surface area contributed by atoms with E-state index >= 15 is 0 Å². The molecule has 5 rings (SSSR count). The summed E-state index contributed by atoms with van der Waals surface area (Å²) in [5.41, 5.74) is -0.177. The summed E-state index contributed by atoms with van der Waals surface area (Å²) >= 11 is 5.43. The first-order valence-electron chi connectivity index (χ1n) is 12.7. The molecule has 0 aliphatic rings. The van der Waals surface area contributed by atoms with Crippen LogP contribution in [0.1, 0.15) is 34.0 Å². The molecule has 0 bridgehead atoms. The van der Waals surface area contributed by atoms with E-state index in [9.17, 15) is 26.3 Å². The molecule has 1 atom stereocenters. The third-order valence-electron chi connectivity index (χ3n) is 6.72. The lowest BCUT2D eigenvalue weighted by Crippen LogP contribution is -2.33. The molecule has 3 aromatic carbocycles. The van der Waals surface area contributed by atoms with Crippen LogP contribution in [-0.2, 0) is 12.4 Å². The monoisotopic (exact) mass is 612 g/mol. The summed E-state index contributed by atoms with van der Waals surface area (Å²) in [5.74, 6) is 0.548. The lowest BCUT2D eigenvalue weighted by atomic mass is 9.98. The van der Waals surface area contributed by atoms with E-state index in [0.717, 1.165) is 10.9 Å². The molecule has 0 saturated heterocycles. The summed E-state index contributed by atoms with van der Waals surface area (Å²) in [6.45, 7) is 3.83. The van der Waals surface area contributed by atoms with Crippen LogP contribution in [0, 0.1) is 0 Å². The van der Waals surface area contributed by atoms with Gasteiger partial charge in [0.05, 0.1) is 41.0 Å². The molecule has 2 aromatic heterocycles. The maximum absolute atomic E-state index is 13.4. The zero-order valence-corrected chi connectivity index (χ0v) is 23.2. The Labute approximate surface area is 247 Å². The first kappa shape index (κ1) is 29.8. The smallest absolute Gasteiger partial charge is 0.416 e. The SMILES string of the molecule is C=Cc1cccc2nc([C@H](NC(=S)Nc3cc(C(F)(F)F)cc(C(F)(F)F)c3)c3ccnc4ccc(OC)cc34)ccc12. The standard InChI is InChI=1S/C31H22F6N4OS/c1-3-17-5-4-6-26-22(17)8-10-27(40-26)28(23-11-12-38-25-9-7-21(42-2)16-24(23)25)41-29(43)39-20-14-18(30(32,33)34)13-19(15-20)31(35,36)37/h3-16,28H,1H2,2H3,(H2,39,41,43)/t28-/m1/s1. The van der Waals surface area contributed by atoms with Gasteiger partial charge in [0.1, 0.15) is 5.75 Å². The molecule has 5 nitrogen and oxygen atoms in total. The Morgan fingerprint density at radius 2 is 1.60 bits per heavy atom. The lowest BCUT2D eigenvalue weighted by molar-refractivity contribution is -0.143. The van der Waals surface area contributed by atoms with Crippen molar-refractivity contribution in [3.63, 3.8) is 0 Å². The first-order chi connectivity index (χ1) is 20.4. The number of benzene rings is 3. The van der Waals surface area contributed by atoms with Gasteiger partial charge in [0.2, 0.25) is 0 Å². The van der Waals surface area contributed by atoms with Gasteiger partial charge in [0.15, 0.2) is 5.11 Å². The van der Waals surface area contributed by atoms with Crippen molar-refractivity contribution < 1.29 is 31.1 Å². The summed E-state index contributed by atoms with van der Waals surface area (Å²) in [7, 11) is 1.51. The molecule has 0 spiro atoms. The molecular formula is C31H22F6N4OS. The average Bonchev–Trinajstić information content (AvgIpc) is 2.97. The van der Waals surface area contributed by atoms with Crippen LogP contribution in [0.25, 0.3) is 27.9 Å². The van der Waals surface area contributed by atoms with Crippen molar-refractivity contribution in [1.82, 2.24) is 15.3 Å². The number of rotatable bonds is 6. The molecule has 0 amide bonds. The summed E-state index contributed by atoms with van der Waals surface area (Å²) < 4.78 is 86.1. The summed E-state index contributed by atoms with van der Waals surface area (Å²) in [6, 6.07) is 16.5. The predicted molar refractivity (Wildman–Crippen MR) is 158 cm³/mol. The third kappa shape index (κ3) is 6.38. The molecule has 5 aromatic rings. The number of hydrogen-bond acceptors (Lipinski definition) is 4. The molecule has 12 heteroatoms. The Bertz CT molecular complexity index is 1820. The van der Waals surface area contributed by atoms with Crippen molar-refractivity contribution in [2.75, 3.05) is 12.4 Å². The Morgan fingerprint density at radius 1 is 0.884 bits per heavy atom. The lowest BCUT2D eigenvalue weighted by Gasteiger charge is -2.23. The highest BCUT2D eigenvalue weighted by molar-refractivity contribution is 7.80.